The molecule has 45 valence electrons. The molecule has 0 aliphatic heterocycles. The Balaban J connectivity index is 0.000000500. The second kappa shape index (κ2) is 1.87. The van der Waals surface area contributed by atoms with Gasteiger partial charge in [-0.3, -0.25) is 0 Å². The molecule has 1 unspecified atom stereocenters. The topological polar surface area (TPSA) is 0 Å². The van der Waals surface area contributed by atoms with Crippen LogP contribution in [-0.2, 0) is 0 Å². The van der Waals surface area contributed by atoms with Crippen molar-refractivity contribution in [2.24, 2.45) is 0 Å². The summed E-state index contributed by atoms with van der Waals surface area (Å²) in [4.78, 5) is 0. The van der Waals surface area contributed by atoms with Gasteiger partial charge in [0.25, 0.3) is 0 Å². The molecule has 1 aliphatic carbocycles. The lowest BCUT2D eigenvalue weighted by Gasteiger charge is -1.92. The van der Waals surface area contributed by atoms with Crippen LogP contribution in [0.15, 0.2) is 30.3 Å². The van der Waals surface area contributed by atoms with Gasteiger partial charge < -0.3 is 0 Å². The number of benzene rings is 1. The normalized spacial score (nSPS) is 17.8. The van der Waals surface area contributed by atoms with Crippen LogP contribution in [-0.4, -0.2) is 0 Å². The van der Waals surface area contributed by atoms with E-state index in [0.29, 0.717) is 0 Å². The third-order valence-corrected chi connectivity index (χ3v) is 1.70. The zero-order chi connectivity index (χ0) is 6.10. The highest BCUT2D eigenvalue weighted by atomic mass is 14.3. The van der Waals surface area contributed by atoms with Crippen molar-refractivity contribution in [2.75, 3.05) is 0 Å². The first-order valence-electron chi connectivity index (χ1n) is 3.35. The average Bonchev–Trinajstić information content (AvgIpc) is 2.71. The van der Waals surface area contributed by atoms with Crippen molar-refractivity contribution in [3.8, 4) is 0 Å². The molecule has 1 atom stereocenters. The van der Waals surface area contributed by atoms with Gasteiger partial charge in [-0.15, -0.1) is 0 Å². The Hall–Kier alpha value is -0.780. The molecule has 1 aromatic rings. The fourth-order valence-electron chi connectivity index (χ4n) is 1.04. The predicted molar refractivity (Wildman–Crippen MR) is 39.2 cm³/mol. The second-order valence-electron chi connectivity index (χ2n) is 2.49. The lowest BCUT2D eigenvalue weighted by atomic mass is 10.1. The van der Waals surface area contributed by atoms with Gasteiger partial charge in [0.05, 0.1) is 0 Å². The van der Waals surface area contributed by atoms with E-state index in [2.05, 4.69) is 36.8 Å². The van der Waals surface area contributed by atoms with Crippen LogP contribution >= 0.6 is 0 Å². The highest BCUT2D eigenvalue weighted by Gasteiger charge is 2.22. The average molecular weight is 118 g/mol. The molecule has 0 heterocycles. The molecular weight excluding hydrogens is 108 g/mol. The molecule has 0 heteroatoms. The number of rotatable bonds is 1. The molecule has 0 amide bonds. The van der Waals surface area contributed by atoms with Gasteiger partial charge in [0.15, 0.2) is 0 Å². The Morgan fingerprint density at radius 1 is 1.22 bits per heavy atom. The fraction of sp³-hybridized carbons (Fsp3) is 0.222. The third kappa shape index (κ3) is 0.973. The van der Waals surface area contributed by atoms with E-state index < -0.39 is 0 Å². The van der Waals surface area contributed by atoms with Crippen LogP contribution < -0.4 is 0 Å². The Morgan fingerprint density at radius 3 is 2.44 bits per heavy atom. The van der Waals surface area contributed by atoms with E-state index in [1.807, 2.05) is 0 Å². The van der Waals surface area contributed by atoms with Crippen LogP contribution in [0, 0.1) is 6.42 Å². The Labute approximate surface area is 57.0 Å². The maximum atomic E-state index is 2.33. The molecule has 9 heavy (non-hydrogen) atoms. The van der Waals surface area contributed by atoms with Gasteiger partial charge in [-0.25, -0.2) is 0 Å². The van der Waals surface area contributed by atoms with Gasteiger partial charge in [0, 0.05) is 0 Å². The van der Waals surface area contributed by atoms with Crippen LogP contribution in [0.2, 0.25) is 0 Å². The molecule has 0 bridgehead atoms. The van der Waals surface area contributed by atoms with Gasteiger partial charge in [-0.05, 0) is 24.3 Å². The molecule has 1 radical (unpaired) electrons. The maximum absolute atomic E-state index is 2.33. The highest BCUT2D eigenvalue weighted by Crippen LogP contribution is 2.38. The van der Waals surface area contributed by atoms with Gasteiger partial charge >= 0.3 is 1.43 Å². The van der Waals surface area contributed by atoms with Gasteiger partial charge in [0.2, 0.25) is 0 Å². The molecule has 2 rings (SSSR count). The second-order valence-corrected chi connectivity index (χ2v) is 2.49. The predicted octanol–water partition coefficient (Wildman–Crippen LogP) is 2.49. The Morgan fingerprint density at radius 2 is 1.89 bits per heavy atom. The molecule has 0 saturated heterocycles. The minimum Gasteiger partial charge on any atom is -0.0622 e. The number of hydrogen-bond donors (Lipinski definition) is 0. The van der Waals surface area contributed by atoms with Gasteiger partial charge in [-0.2, -0.15) is 0 Å². The molecule has 0 N–H and O–H groups in total. The summed E-state index contributed by atoms with van der Waals surface area (Å²) in [5.74, 6) is 0.784. The molecule has 0 spiro atoms. The van der Waals surface area contributed by atoms with Crippen molar-refractivity contribution in [2.45, 2.75) is 12.3 Å². The largest absolute Gasteiger partial charge is 1.00 e. The van der Waals surface area contributed by atoms with Crippen LogP contribution in [0.3, 0.4) is 0 Å². The summed E-state index contributed by atoms with van der Waals surface area (Å²) in [6, 6.07) is 10.6. The van der Waals surface area contributed by atoms with Gasteiger partial charge in [0.1, 0.15) is 0 Å². The van der Waals surface area contributed by atoms with Crippen LogP contribution in [0.5, 0.6) is 0 Å². The Bertz CT molecular complexity index is 189. The molecule has 1 saturated carbocycles. The van der Waals surface area contributed by atoms with Crippen molar-refractivity contribution >= 4 is 0 Å². The molecule has 1 fully saturated rings. The first kappa shape index (κ1) is 5.04. The monoisotopic (exact) mass is 118 g/mol. The van der Waals surface area contributed by atoms with E-state index in [-0.39, 0.29) is 1.43 Å². The minimum absolute atomic E-state index is 0. The zero-order valence-electron chi connectivity index (χ0n) is 6.25. The van der Waals surface area contributed by atoms with Crippen molar-refractivity contribution in [3.05, 3.63) is 42.3 Å². The minimum atomic E-state index is 0. The standard InChI is InChI=1S/C9H9/c1-2-4-8(5-3-1)9-6-7-9/h1-6,9H,7H2/p+1. The molecule has 1 aliphatic rings. The van der Waals surface area contributed by atoms with Crippen molar-refractivity contribution < 1.29 is 1.43 Å². The summed E-state index contributed by atoms with van der Waals surface area (Å²) in [6.45, 7) is 0. The summed E-state index contributed by atoms with van der Waals surface area (Å²) in [7, 11) is 0. The quantitative estimate of drug-likeness (QED) is 0.531. The van der Waals surface area contributed by atoms with Crippen molar-refractivity contribution in [3.63, 3.8) is 0 Å². The smallest absolute Gasteiger partial charge is 0.0622 e. The van der Waals surface area contributed by atoms with E-state index >= 15 is 0 Å². The highest BCUT2D eigenvalue weighted by molar-refractivity contribution is 5.28. The summed E-state index contributed by atoms with van der Waals surface area (Å²) in [6.07, 6.45) is 3.61. The summed E-state index contributed by atoms with van der Waals surface area (Å²) >= 11 is 0. The summed E-state index contributed by atoms with van der Waals surface area (Å²) in [5, 5.41) is 0. The van der Waals surface area contributed by atoms with Crippen LogP contribution in [0.4, 0.5) is 0 Å². The van der Waals surface area contributed by atoms with E-state index in [0.717, 1.165) is 5.92 Å². The van der Waals surface area contributed by atoms with E-state index in [1.54, 1.807) is 0 Å². The molecule has 1 aromatic carbocycles. The SMILES string of the molecule is [CH]1CC1c1ccccc1.[H+]. The van der Waals surface area contributed by atoms with E-state index in [4.69, 9.17) is 0 Å². The maximum Gasteiger partial charge on any atom is 1.00 e. The lowest BCUT2D eigenvalue weighted by Crippen LogP contribution is -1.73. The van der Waals surface area contributed by atoms with Crippen molar-refractivity contribution in [1.82, 2.24) is 0 Å². The summed E-state index contributed by atoms with van der Waals surface area (Å²) < 4.78 is 0. The van der Waals surface area contributed by atoms with E-state index in [1.165, 1.54) is 12.0 Å². The lowest BCUT2D eigenvalue weighted by molar-refractivity contribution is 1.16. The third-order valence-electron chi connectivity index (χ3n) is 1.70. The summed E-state index contributed by atoms with van der Waals surface area (Å²) in [5.41, 5.74) is 1.47. The number of hydrogen-bond acceptors (Lipinski definition) is 0. The molecular formula is C9H10+. The zero-order valence-corrected chi connectivity index (χ0v) is 5.25. The Kier molecular flexibility index (Phi) is 1.05. The van der Waals surface area contributed by atoms with Crippen LogP contribution in [0.1, 0.15) is 19.3 Å². The molecule has 0 nitrogen and oxygen atoms in total. The van der Waals surface area contributed by atoms with Crippen LogP contribution in [0.25, 0.3) is 0 Å². The van der Waals surface area contributed by atoms with Gasteiger partial charge in [-0.1, -0.05) is 30.3 Å². The first-order valence-corrected chi connectivity index (χ1v) is 3.35. The fourth-order valence-corrected chi connectivity index (χ4v) is 1.04. The van der Waals surface area contributed by atoms with Crippen molar-refractivity contribution in [1.29, 1.82) is 0 Å². The molecule has 0 aromatic heterocycles. The van der Waals surface area contributed by atoms with E-state index in [9.17, 15) is 0 Å². The first-order chi connectivity index (χ1) is 4.47.